The van der Waals surface area contributed by atoms with E-state index in [9.17, 15) is 8.42 Å². The summed E-state index contributed by atoms with van der Waals surface area (Å²) in [5.74, 6) is 0.660. The Labute approximate surface area is 120 Å². The van der Waals surface area contributed by atoms with Gasteiger partial charge in [0.15, 0.2) is 0 Å². The number of hydrogen-bond donors (Lipinski definition) is 1. The van der Waals surface area contributed by atoms with E-state index in [-0.39, 0.29) is 19.7 Å². The van der Waals surface area contributed by atoms with Gasteiger partial charge >= 0.3 is 0 Å². The number of nitrogens with zero attached hydrogens (tertiary/aromatic N) is 2. The van der Waals surface area contributed by atoms with Crippen LogP contribution in [0.2, 0.25) is 0 Å². The molecule has 0 spiro atoms. The van der Waals surface area contributed by atoms with Gasteiger partial charge in [-0.05, 0) is 12.5 Å². The molecule has 0 aliphatic rings. The van der Waals surface area contributed by atoms with Crippen molar-refractivity contribution in [3.63, 3.8) is 0 Å². The predicted octanol–water partition coefficient (Wildman–Crippen LogP) is 0.686. The zero-order valence-corrected chi connectivity index (χ0v) is 12.9. The van der Waals surface area contributed by atoms with Crippen LogP contribution in [0.25, 0.3) is 0 Å². The van der Waals surface area contributed by atoms with Gasteiger partial charge in [0.25, 0.3) is 10.2 Å². The first-order valence-corrected chi connectivity index (χ1v) is 7.73. The molecular formula is C13H22N2O4S. The van der Waals surface area contributed by atoms with Crippen LogP contribution in [0.15, 0.2) is 24.3 Å². The number of benzene rings is 1. The minimum absolute atomic E-state index is 0.0317. The van der Waals surface area contributed by atoms with E-state index in [1.165, 1.54) is 22.7 Å². The van der Waals surface area contributed by atoms with Crippen LogP contribution in [0.5, 0.6) is 5.75 Å². The molecule has 0 aromatic heterocycles. The van der Waals surface area contributed by atoms with E-state index >= 15 is 0 Å². The van der Waals surface area contributed by atoms with E-state index in [1.54, 1.807) is 13.2 Å². The van der Waals surface area contributed by atoms with E-state index in [2.05, 4.69) is 0 Å². The highest BCUT2D eigenvalue weighted by molar-refractivity contribution is 7.86. The minimum Gasteiger partial charge on any atom is -0.496 e. The molecule has 0 aliphatic heterocycles. The van der Waals surface area contributed by atoms with Crippen LogP contribution in [0.1, 0.15) is 12.0 Å². The standard InChI is InChI=1S/C13H22N2O4S/c1-14(9-6-10-16)20(17,18)15(2)11-12-7-4-5-8-13(12)19-3/h4-5,7-8,16H,6,9-11H2,1-3H3. The summed E-state index contributed by atoms with van der Waals surface area (Å²) in [6, 6.07) is 7.31. The average Bonchev–Trinajstić information content (AvgIpc) is 2.45. The van der Waals surface area contributed by atoms with Gasteiger partial charge in [-0.3, -0.25) is 0 Å². The van der Waals surface area contributed by atoms with Crippen molar-refractivity contribution in [3.8, 4) is 5.75 Å². The van der Waals surface area contributed by atoms with Crippen LogP contribution in [0.3, 0.4) is 0 Å². The topological polar surface area (TPSA) is 70.1 Å². The third-order valence-corrected chi connectivity index (χ3v) is 4.89. The Morgan fingerprint density at radius 3 is 2.45 bits per heavy atom. The Morgan fingerprint density at radius 2 is 1.85 bits per heavy atom. The number of rotatable bonds is 8. The maximum Gasteiger partial charge on any atom is 0.281 e. The molecule has 20 heavy (non-hydrogen) atoms. The molecule has 1 N–H and O–H groups in total. The van der Waals surface area contributed by atoms with Gasteiger partial charge in [-0.1, -0.05) is 18.2 Å². The monoisotopic (exact) mass is 302 g/mol. The van der Waals surface area contributed by atoms with Crippen molar-refractivity contribution in [3.05, 3.63) is 29.8 Å². The van der Waals surface area contributed by atoms with Gasteiger partial charge in [0.1, 0.15) is 5.75 Å². The molecule has 1 aromatic rings. The Morgan fingerprint density at radius 1 is 1.20 bits per heavy atom. The number of para-hydroxylation sites is 1. The second-order valence-corrected chi connectivity index (χ2v) is 6.62. The highest BCUT2D eigenvalue weighted by Crippen LogP contribution is 2.20. The van der Waals surface area contributed by atoms with Crippen LogP contribution < -0.4 is 4.74 Å². The lowest BCUT2D eigenvalue weighted by molar-refractivity contribution is 0.272. The van der Waals surface area contributed by atoms with Crippen molar-refractivity contribution in [2.45, 2.75) is 13.0 Å². The van der Waals surface area contributed by atoms with Gasteiger partial charge in [0, 0.05) is 39.4 Å². The molecule has 0 fully saturated rings. The average molecular weight is 302 g/mol. The zero-order valence-electron chi connectivity index (χ0n) is 12.1. The first kappa shape index (κ1) is 16.9. The zero-order chi connectivity index (χ0) is 15.2. The van der Waals surface area contributed by atoms with E-state index in [1.807, 2.05) is 18.2 Å². The summed E-state index contributed by atoms with van der Waals surface area (Å²) in [7, 11) is 1.05. The third-order valence-electron chi connectivity index (χ3n) is 3.00. The van der Waals surface area contributed by atoms with E-state index in [4.69, 9.17) is 9.84 Å². The highest BCUT2D eigenvalue weighted by atomic mass is 32.2. The molecule has 0 saturated carbocycles. The van der Waals surface area contributed by atoms with Gasteiger partial charge in [-0.25, -0.2) is 0 Å². The lowest BCUT2D eigenvalue weighted by Crippen LogP contribution is -2.39. The van der Waals surface area contributed by atoms with Crippen molar-refractivity contribution in [2.75, 3.05) is 34.4 Å². The van der Waals surface area contributed by atoms with Crippen molar-refractivity contribution in [1.82, 2.24) is 8.61 Å². The maximum absolute atomic E-state index is 12.3. The van der Waals surface area contributed by atoms with Crippen LogP contribution in [0.4, 0.5) is 0 Å². The predicted molar refractivity (Wildman–Crippen MR) is 77.7 cm³/mol. The van der Waals surface area contributed by atoms with Crippen molar-refractivity contribution in [2.24, 2.45) is 0 Å². The Hall–Kier alpha value is -1.15. The molecule has 0 bridgehead atoms. The third kappa shape index (κ3) is 4.17. The largest absolute Gasteiger partial charge is 0.496 e. The summed E-state index contributed by atoms with van der Waals surface area (Å²) in [6.07, 6.45) is 0.415. The molecule has 114 valence electrons. The first-order valence-electron chi connectivity index (χ1n) is 6.33. The fraction of sp³-hybridized carbons (Fsp3) is 0.538. The summed E-state index contributed by atoms with van der Waals surface area (Å²) >= 11 is 0. The number of hydrogen-bond acceptors (Lipinski definition) is 4. The van der Waals surface area contributed by atoms with Crippen molar-refractivity contribution in [1.29, 1.82) is 0 Å². The summed E-state index contributed by atoms with van der Waals surface area (Å²) in [4.78, 5) is 0. The normalized spacial score (nSPS) is 12.1. The maximum atomic E-state index is 12.3. The Bertz CT molecular complexity index is 519. The Balaban J connectivity index is 2.81. The smallest absolute Gasteiger partial charge is 0.281 e. The van der Waals surface area contributed by atoms with Crippen LogP contribution in [-0.4, -0.2) is 56.5 Å². The SMILES string of the molecule is COc1ccccc1CN(C)S(=O)(=O)N(C)CCCO. The number of methoxy groups -OCH3 is 1. The molecule has 0 heterocycles. The minimum atomic E-state index is -3.53. The molecule has 0 radical (unpaired) electrons. The van der Waals surface area contributed by atoms with Gasteiger partial charge in [0.2, 0.25) is 0 Å². The lowest BCUT2D eigenvalue weighted by Gasteiger charge is -2.24. The molecule has 1 aromatic carbocycles. The van der Waals surface area contributed by atoms with Crippen LogP contribution in [-0.2, 0) is 16.8 Å². The van der Waals surface area contributed by atoms with Crippen LogP contribution in [0, 0.1) is 0 Å². The van der Waals surface area contributed by atoms with Gasteiger partial charge in [-0.2, -0.15) is 17.0 Å². The van der Waals surface area contributed by atoms with Crippen LogP contribution >= 0.6 is 0 Å². The lowest BCUT2D eigenvalue weighted by atomic mass is 10.2. The molecule has 6 nitrogen and oxygen atoms in total. The highest BCUT2D eigenvalue weighted by Gasteiger charge is 2.24. The number of aliphatic hydroxyl groups excluding tert-OH is 1. The van der Waals surface area contributed by atoms with Crippen molar-refractivity contribution < 1.29 is 18.3 Å². The quantitative estimate of drug-likeness (QED) is 0.767. The molecular weight excluding hydrogens is 280 g/mol. The van der Waals surface area contributed by atoms with Gasteiger partial charge in [0.05, 0.1) is 7.11 Å². The summed E-state index contributed by atoms with van der Waals surface area (Å²) in [5, 5.41) is 8.77. The molecule has 0 atom stereocenters. The Kier molecular flexibility index (Phi) is 6.41. The van der Waals surface area contributed by atoms with E-state index < -0.39 is 10.2 Å². The van der Waals surface area contributed by atoms with Gasteiger partial charge < -0.3 is 9.84 Å². The summed E-state index contributed by atoms with van der Waals surface area (Å²) in [6.45, 7) is 0.487. The molecule has 0 saturated heterocycles. The number of ether oxygens (including phenoxy) is 1. The fourth-order valence-corrected chi connectivity index (χ4v) is 2.94. The summed E-state index contributed by atoms with van der Waals surface area (Å²) in [5.41, 5.74) is 0.802. The fourth-order valence-electron chi connectivity index (χ4n) is 1.80. The summed E-state index contributed by atoms with van der Waals surface area (Å²) < 4.78 is 32.3. The van der Waals surface area contributed by atoms with E-state index in [0.717, 1.165) is 5.56 Å². The second-order valence-electron chi connectivity index (χ2n) is 4.47. The number of aliphatic hydroxyl groups is 1. The van der Waals surface area contributed by atoms with Gasteiger partial charge in [-0.15, -0.1) is 0 Å². The van der Waals surface area contributed by atoms with Crippen molar-refractivity contribution >= 4 is 10.2 Å². The second kappa shape index (κ2) is 7.58. The molecule has 1 rings (SSSR count). The van der Waals surface area contributed by atoms with E-state index in [0.29, 0.717) is 12.2 Å². The first-order chi connectivity index (χ1) is 9.43. The molecule has 0 amide bonds. The molecule has 0 aliphatic carbocycles. The molecule has 0 unspecified atom stereocenters. The molecule has 7 heteroatoms.